The number of hydrogen-bond donors (Lipinski definition) is 1. The average Bonchev–Trinajstić information content (AvgIpc) is 2.17. The third kappa shape index (κ3) is 1.92. The number of nitrogens with zero attached hydrogens (tertiary/aromatic N) is 1. The first-order valence-corrected chi connectivity index (χ1v) is 3.51. The van der Waals surface area contributed by atoms with Crippen LogP contribution in [0.3, 0.4) is 0 Å². The Hall–Kier alpha value is -1.16. The van der Waals surface area contributed by atoms with Gasteiger partial charge in [-0.1, -0.05) is 0 Å². The highest BCUT2D eigenvalue weighted by molar-refractivity contribution is 5.24. The molecule has 1 heterocycles. The molecule has 12 heavy (non-hydrogen) atoms. The van der Waals surface area contributed by atoms with E-state index in [4.69, 9.17) is 9.84 Å². The van der Waals surface area contributed by atoms with Crippen molar-refractivity contribution in [1.29, 1.82) is 0 Å². The van der Waals surface area contributed by atoms with Gasteiger partial charge >= 0.3 is 0 Å². The molecule has 0 amide bonds. The van der Waals surface area contributed by atoms with E-state index in [2.05, 4.69) is 4.98 Å². The molecule has 1 unspecified atom stereocenters. The molecule has 0 fully saturated rings. The number of methoxy groups -OCH3 is 1. The van der Waals surface area contributed by atoms with Crippen LogP contribution in [0.2, 0.25) is 0 Å². The van der Waals surface area contributed by atoms with Gasteiger partial charge in [-0.25, -0.2) is 4.39 Å². The van der Waals surface area contributed by atoms with Crippen molar-refractivity contribution in [3.8, 4) is 5.75 Å². The van der Waals surface area contributed by atoms with Crippen LogP contribution in [0, 0.1) is 0 Å². The number of ether oxygens (including phenoxy) is 1. The van der Waals surface area contributed by atoms with Crippen LogP contribution in [-0.2, 0) is 0 Å². The van der Waals surface area contributed by atoms with E-state index >= 15 is 0 Å². The molecule has 0 aliphatic heterocycles. The molecule has 1 atom stereocenters. The highest BCUT2D eigenvalue weighted by Gasteiger charge is 2.07. The zero-order valence-electron chi connectivity index (χ0n) is 6.70. The molecule has 1 aromatic rings. The van der Waals surface area contributed by atoms with Crippen LogP contribution in [0.5, 0.6) is 5.75 Å². The minimum absolute atomic E-state index is 0.428. The second kappa shape index (κ2) is 4.01. The van der Waals surface area contributed by atoms with Gasteiger partial charge in [0.05, 0.1) is 13.3 Å². The lowest BCUT2D eigenvalue weighted by Gasteiger charge is -2.06. The van der Waals surface area contributed by atoms with Crippen LogP contribution in [0.4, 0.5) is 4.39 Å². The summed E-state index contributed by atoms with van der Waals surface area (Å²) in [5, 5.41) is 9.08. The molecule has 0 saturated heterocycles. The van der Waals surface area contributed by atoms with E-state index in [1.165, 1.54) is 19.5 Å². The van der Waals surface area contributed by atoms with Crippen molar-refractivity contribution in [1.82, 2.24) is 4.98 Å². The third-order valence-corrected chi connectivity index (χ3v) is 1.50. The van der Waals surface area contributed by atoms with Crippen LogP contribution in [0.15, 0.2) is 18.5 Å². The molecule has 4 heteroatoms. The topological polar surface area (TPSA) is 42.4 Å². The van der Waals surface area contributed by atoms with E-state index in [1.54, 1.807) is 6.07 Å². The largest absolute Gasteiger partial charge is 0.495 e. The number of halogens is 1. The molecule has 3 nitrogen and oxygen atoms in total. The van der Waals surface area contributed by atoms with Crippen molar-refractivity contribution < 1.29 is 14.2 Å². The van der Waals surface area contributed by atoms with Crippen molar-refractivity contribution in [3.05, 3.63) is 24.0 Å². The summed E-state index contributed by atoms with van der Waals surface area (Å²) >= 11 is 0. The summed E-state index contributed by atoms with van der Waals surface area (Å²) < 4.78 is 16.8. The van der Waals surface area contributed by atoms with Gasteiger partial charge in [-0.3, -0.25) is 4.98 Å². The fraction of sp³-hybridized carbons (Fsp3) is 0.375. The normalized spacial score (nSPS) is 12.6. The summed E-state index contributed by atoms with van der Waals surface area (Å²) in [6.45, 7) is -0.811. The number of aliphatic hydroxyl groups excluding tert-OH is 1. The lowest BCUT2D eigenvalue weighted by Crippen LogP contribution is -2.00. The Morgan fingerprint density at radius 3 is 3.00 bits per heavy atom. The van der Waals surface area contributed by atoms with Gasteiger partial charge < -0.3 is 9.84 Å². The van der Waals surface area contributed by atoms with Gasteiger partial charge in [0.25, 0.3) is 0 Å². The summed E-state index contributed by atoms with van der Waals surface area (Å²) in [6.07, 6.45) is 1.80. The zero-order valence-corrected chi connectivity index (χ0v) is 6.70. The van der Waals surface area contributed by atoms with Crippen LogP contribution < -0.4 is 4.74 Å². The molecular weight excluding hydrogens is 161 g/mol. The lowest BCUT2D eigenvalue weighted by molar-refractivity contribution is 0.141. The van der Waals surface area contributed by atoms with Crippen LogP contribution >= 0.6 is 0 Å². The molecule has 0 aliphatic rings. The molecule has 0 aromatic carbocycles. The van der Waals surface area contributed by atoms with E-state index in [0.29, 0.717) is 11.3 Å². The monoisotopic (exact) mass is 171 g/mol. The predicted octanol–water partition coefficient (Wildman–Crippen LogP) is 1.09. The predicted molar refractivity (Wildman–Crippen MR) is 41.7 cm³/mol. The van der Waals surface area contributed by atoms with Gasteiger partial charge in [0.2, 0.25) is 0 Å². The first kappa shape index (κ1) is 8.93. The van der Waals surface area contributed by atoms with E-state index in [-0.39, 0.29) is 0 Å². The smallest absolute Gasteiger partial charge is 0.137 e. The number of aromatic nitrogens is 1. The SMILES string of the molecule is COc1cncc(C(O)CF)c1. The Morgan fingerprint density at radius 2 is 2.42 bits per heavy atom. The number of rotatable bonds is 3. The maximum atomic E-state index is 12.0. The van der Waals surface area contributed by atoms with Crippen LogP contribution in [-0.4, -0.2) is 23.9 Å². The Balaban J connectivity index is 2.86. The van der Waals surface area contributed by atoms with Gasteiger partial charge in [0.1, 0.15) is 18.5 Å². The minimum atomic E-state index is -1.10. The zero-order chi connectivity index (χ0) is 8.97. The fourth-order valence-electron chi connectivity index (χ4n) is 0.819. The number of aliphatic hydroxyl groups is 1. The van der Waals surface area contributed by atoms with Crippen molar-refractivity contribution >= 4 is 0 Å². The summed E-state index contributed by atoms with van der Waals surface area (Å²) in [7, 11) is 1.49. The summed E-state index contributed by atoms with van der Waals surface area (Å²) in [6, 6.07) is 1.55. The Labute approximate surface area is 69.8 Å². The number of pyridine rings is 1. The molecule has 1 rings (SSSR count). The highest BCUT2D eigenvalue weighted by Crippen LogP contribution is 2.17. The van der Waals surface area contributed by atoms with Gasteiger partial charge in [-0.2, -0.15) is 0 Å². The van der Waals surface area contributed by atoms with Crippen LogP contribution in [0.25, 0.3) is 0 Å². The Morgan fingerprint density at radius 1 is 1.67 bits per heavy atom. The van der Waals surface area contributed by atoms with E-state index in [0.717, 1.165) is 0 Å². The van der Waals surface area contributed by atoms with Crippen molar-refractivity contribution in [2.24, 2.45) is 0 Å². The van der Waals surface area contributed by atoms with Crippen molar-refractivity contribution in [3.63, 3.8) is 0 Å². The van der Waals surface area contributed by atoms with Gasteiger partial charge in [-0.15, -0.1) is 0 Å². The summed E-state index contributed by atoms with van der Waals surface area (Å²) in [5.41, 5.74) is 0.428. The highest BCUT2D eigenvalue weighted by atomic mass is 19.1. The maximum absolute atomic E-state index is 12.0. The van der Waals surface area contributed by atoms with E-state index < -0.39 is 12.8 Å². The van der Waals surface area contributed by atoms with Crippen molar-refractivity contribution in [2.75, 3.05) is 13.8 Å². The fourth-order valence-corrected chi connectivity index (χ4v) is 0.819. The molecule has 1 N–H and O–H groups in total. The molecule has 0 aliphatic carbocycles. The quantitative estimate of drug-likeness (QED) is 0.740. The average molecular weight is 171 g/mol. The van der Waals surface area contributed by atoms with Crippen molar-refractivity contribution in [2.45, 2.75) is 6.10 Å². The summed E-state index contributed by atoms with van der Waals surface area (Å²) in [5.74, 6) is 0.514. The molecule has 0 saturated carbocycles. The number of alkyl halides is 1. The molecule has 66 valence electrons. The van der Waals surface area contributed by atoms with E-state index in [1.807, 2.05) is 0 Å². The molecule has 1 aromatic heterocycles. The second-order valence-electron chi connectivity index (χ2n) is 2.33. The molecule has 0 spiro atoms. The molecule has 0 bridgehead atoms. The number of hydrogen-bond acceptors (Lipinski definition) is 3. The van der Waals surface area contributed by atoms with Gasteiger partial charge in [0.15, 0.2) is 0 Å². The maximum Gasteiger partial charge on any atom is 0.137 e. The standard InChI is InChI=1S/C8H10FNO2/c1-12-7-2-6(4-10-5-7)8(11)3-9/h2,4-5,8,11H,3H2,1H3. The summed E-state index contributed by atoms with van der Waals surface area (Å²) in [4.78, 5) is 3.77. The molecule has 0 radical (unpaired) electrons. The Kier molecular flexibility index (Phi) is 2.99. The minimum Gasteiger partial charge on any atom is -0.495 e. The third-order valence-electron chi connectivity index (χ3n) is 1.50. The van der Waals surface area contributed by atoms with E-state index in [9.17, 15) is 4.39 Å². The molecular formula is C8H10FNO2. The van der Waals surface area contributed by atoms with Gasteiger partial charge in [-0.05, 0) is 6.07 Å². The lowest BCUT2D eigenvalue weighted by atomic mass is 10.2. The second-order valence-corrected chi connectivity index (χ2v) is 2.33. The Bertz CT molecular complexity index is 255. The van der Waals surface area contributed by atoms with Crippen LogP contribution in [0.1, 0.15) is 11.7 Å². The van der Waals surface area contributed by atoms with Gasteiger partial charge in [0, 0.05) is 11.8 Å². The first-order valence-electron chi connectivity index (χ1n) is 3.51. The first-order chi connectivity index (χ1) is 5.77.